The summed E-state index contributed by atoms with van der Waals surface area (Å²) in [7, 11) is 0. The molecule has 9 heavy (non-hydrogen) atoms. The van der Waals surface area contributed by atoms with E-state index in [0.717, 1.165) is 0 Å². The van der Waals surface area contributed by atoms with Crippen LogP contribution in [0.4, 0.5) is 0 Å². The van der Waals surface area contributed by atoms with Gasteiger partial charge in [0.2, 0.25) is 0 Å². The number of alkyl halides is 1. The zero-order chi connectivity index (χ0) is 7.11. The minimum absolute atomic E-state index is 0.251. The predicted octanol–water partition coefficient (Wildman–Crippen LogP) is 1.62. The summed E-state index contributed by atoms with van der Waals surface area (Å²) in [6.07, 6.45) is 0.281. The first kappa shape index (κ1) is 9.21. The van der Waals surface area contributed by atoms with Crippen molar-refractivity contribution in [2.45, 2.75) is 20.0 Å². The zero-order valence-electron chi connectivity index (χ0n) is 5.89. The van der Waals surface area contributed by atoms with Crippen LogP contribution in [0.15, 0.2) is 0 Å². The monoisotopic (exact) mass is 152 g/mol. The summed E-state index contributed by atoms with van der Waals surface area (Å²) in [6, 6.07) is 0.251. The summed E-state index contributed by atoms with van der Waals surface area (Å²) in [5.74, 6) is 0. The lowest BCUT2D eigenvalue weighted by Crippen LogP contribution is -2.08. The van der Waals surface area contributed by atoms with Crippen molar-refractivity contribution in [3.8, 4) is 0 Å². The maximum atomic E-state index is 5.24. The van der Waals surface area contributed by atoms with Crippen LogP contribution in [-0.2, 0) is 9.47 Å². The first-order chi connectivity index (χ1) is 4.27. The number of hydrogen-bond acceptors (Lipinski definition) is 2. The standard InChI is InChI=1S/C6H13ClO2/c1-6(2)9-4-3-8-5-7/h6H,3-5H2,1-2H3. The van der Waals surface area contributed by atoms with Crippen molar-refractivity contribution in [1.29, 1.82) is 0 Å². The molecule has 56 valence electrons. The highest BCUT2D eigenvalue weighted by Gasteiger charge is 1.90. The maximum absolute atomic E-state index is 5.24. The summed E-state index contributed by atoms with van der Waals surface area (Å²) in [6.45, 7) is 5.19. The molecule has 0 aromatic rings. The Labute approximate surface area is 61.1 Å². The highest BCUT2D eigenvalue weighted by molar-refractivity contribution is 6.17. The summed E-state index contributed by atoms with van der Waals surface area (Å²) in [5.41, 5.74) is 0. The Balaban J connectivity index is 2.75. The van der Waals surface area contributed by atoms with E-state index in [9.17, 15) is 0 Å². The van der Waals surface area contributed by atoms with Crippen LogP contribution in [-0.4, -0.2) is 25.4 Å². The minimum Gasteiger partial charge on any atom is -0.376 e. The van der Waals surface area contributed by atoms with Crippen molar-refractivity contribution in [3.05, 3.63) is 0 Å². The molecular formula is C6H13ClO2. The van der Waals surface area contributed by atoms with Crippen molar-refractivity contribution in [1.82, 2.24) is 0 Å². The lowest BCUT2D eigenvalue weighted by Gasteiger charge is -2.05. The fraction of sp³-hybridized carbons (Fsp3) is 1.00. The summed E-state index contributed by atoms with van der Waals surface area (Å²) >= 11 is 5.24. The van der Waals surface area contributed by atoms with Gasteiger partial charge in [-0.15, -0.1) is 0 Å². The summed E-state index contributed by atoms with van der Waals surface area (Å²) in [4.78, 5) is 0. The van der Waals surface area contributed by atoms with Crippen LogP contribution in [0.2, 0.25) is 0 Å². The van der Waals surface area contributed by atoms with Gasteiger partial charge in [0.1, 0.15) is 6.07 Å². The van der Waals surface area contributed by atoms with Gasteiger partial charge in [0.25, 0.3) is 0 Å². The first-order valence-corrected chi connectivity index (χ1v) is 3.56. The van der Waals surface area contributed by atoms with Gasteiger partial charge in [-0.25, -0.2) is 0 Å². The molecule has 0 N–H and O–H groups in total. The molecule has 0 aliphatic heterocycles. The van der Waals surface area contributed by atoms with E-state index in [-0.39, 0.29) is 12.2 Å². The quantitative estimate of drug-likeness (QED) is 0.440. The van der Waals surface area contributed by atoms with E-state index < -0.39 is 0 Å². The van der Waals surface area contributed by atoms with Gasteiger partial charge in [0, 0.05) is 0 Å². The van der Waals surface area contributed by atoms with Crippen LogP contribution < -0.4 is 0 Å². The van der Waals surface area contributed by atoms with Gasteiger partial charge in [-0.2, -0.15) is 0 Å². The smallest absolute Gasteiger partial charge is 0.120 e. The van der Waals surface area contributed by atoms with E-state index in [2.05, 4.69) is 0 Å². The molecule has 0 radical (unpaired) electrons. The Morgan fingerprint density at radius 3 is 2.44 bits per heavy atom. The van der Waals surface area contributed by atoms with Crippen LogP contribution in [0.3, 0.4) is 0 Å². The Hall–Kier alpha value is 0.210. The molecule has 3 heteroatoms. The Morgan fingerprint density at radius 2 is 2.00 bits per heavy atom. The molecule has 0 aromatic carbocycles. The molecule has 0 aromatic heterocycles. The largest absolute Gasteiger partial charge is 0.376 e. The molecule has 0 saturated carbocycles. The first-order valence-electron chi connectivity index (χ1n) is 3.02. The zero-order valence-corrected chi connectivity index (χ0v) is 6.65. The number of rotatable bonds is 5. The van der Waals surface area contributed by atoms with Crippen molar-refractivity contribution in [2.24, 2.45) is 0 Å². The minimum atomic E-state index is 0.251. The van der Waals surface area contributed by atoms with Crippen molar-refractivity contribution >= 4 is 11.6 Å². The number of ether oxygens (including phenoxy) is 2. The van der Waals surface area contributed by atoms with Gasteiger partial charge in [0.05, 0.1) is 19.3 Å². The molecule has 0 unspecified atom stereocenters. The highest BCUT2D eigenvalue weighted by atomic mass is 35.5. The van der Waals surface area contributed by atoms with E-state index >= 15 is 0 Å². The van der Waals surface area contributed by atoms with Crippen molar-refractivity contribution < 1.29 is 9.47 Å². The third kappa shape index (κ3) is 8.21. The van der Waals surface area contributed by atoms with Crippen molar-refractivity contribution in [2.75, 3.05) is 19.3 Å². The van der Waals surface area contributed by atoms with Crippen LogP contribution in [0.1, 0.15) is 13.8 Å². The Kier molecular flexibility index (Phi) is 6.48. The van der Waals surface area contributed by atoms with Crippen LogP contribution >= 0.6 is 11.6 Å². The Morgan fingerprint density at radius 1 is 1.33 bits per heavy atom. The second-order valence-corrected chi connectivity index (χ2v) is 2.16. The molecule has 0 aliphatic carbocycles. The SMILES string of the molecule is CC(C)OCCOCCl. The maximum Gasteiger partial charge on any atom is 0.120 e. The van der Waals surface area contributed by atoms with Gasteiger partial charge >= 0.3 is 0 Å². The fourth-order valence-corrected chi connectivity index (χ4v) is 0.506. The van der Waals surface area contributed by atoms with Crippen molar-refractivity contribution in [3.63, 3.8) is 0 Å². The van der Waals surface area contributed by atoms with Gasteiger partial charge in [-0.3, -0.25) is 0 Å². The molecule has 0 spiro atoms. The van der Waals surface area contributed by atoms with E-state index in [1.165, 1.54) is 0 Å². The van der Waals surface area contributed by atoms with Crippen LogP contribution in [0.25, 0.3) is 0 Å². The van der Waals surface area contributed by atoms with E-state index in [1.807, 2.05) is 13.8 Å². The highest BCUT2D eigenvalue weighted by Crippen LogP contribution is 1.87. The molecule has 0 saturated heterocycles. The van der Waals surface area contributed by atoms with E-state index in [0.29, 0.717) is 13.2 Å². The molecule has 0 rings (SSSR count). The molecule has 0 fully saturated rings. The molecule has 0 heterocycles. The third-order valence-corrected chi connectivity index (χ3v) is 0.910. The Bertz CT molecular complexity index is 57.0. The molecular weight excluding hydrogens is 140 g/mol. The molecule has 0 amide bonds. The predicted molar refractivity (Wildman–Crippen MR) is 37.8 cm³/mol. The molecule has 0 aliphatic rings. The summed E-state index contributed by atoms with van der Waals surface area (Å²) in [5, 5.41) is 0. The lowest BCUT2D eigenvalue weighted by atomic mass is 10.5. The van der Waals surface area contributed by atoms with Gasteiger partial charge in [0.15, 0.2) is 0 Å². The second kappa shape index (κ2) is 6.33. The van der Waals surface area contributed by atoms with Gasteiger partial charge < -0.3 is 9.47 Å². The van der Waals surface area contributed by atoms with Gasteiger partial charge in [-0.05, 0) is 13.8 Å². The van der Waals surface area contributed by atoms with Crippen LogP contribution in [0, 0.1) is 0 Å². The average molecular weight is 153 g/mol. The van der Waals surface area contributed by atoms with E-state index in [4.69, 9.17) is 21.1 Å². The second-order valence-electron chi connectivity index (χ2n) is 1.94. The van der Waals surface area contributed by atoms with E-state index in [1.54, 1.807) is 0 Å². The topological polar surface area (TPSA) is 18.5 Å². The molecule has 0 bridgehead atoms. The third-order valence-electron chi connectivity index (χ3n) is 0.756. The molecule has 0 atom stereocenters. The summed E-state index contributed by atoms with van der Waals surface area (Å²) < 4.78 is 9.98. The normalized spacial score (nSPS) is 10.7. The van der Waals surface area contributed by atoms with Gasteiger partial charge in [-0.1, -0.05) is 11.6 Å². The van der Waals surface area contributed by atoms with Crippen LogP contribution in [0.5, 0.6) is 0 Å². The number of halogens is 1. The lowest BCUT2D eigenvalue weighted by molar-refractivity contribution is 0.0308. The fourth-order valence-electron chi connectivity index (χ4n) is 0.397. The average Bonchev–Trinajstić information content (AvgIpc) is 1.80. The number of hydrogen-bond donors (Lipinski definition) is 0. The molecule has 2 nitrogen and oxygen atoms in total.